The van der Waals surface area contributed by atoms with Gasteiger partial charge in [0.2, 0.25) is 11.8 Å². The zero-order chi connectivity index (χ0) is 18.4. The van der Waals surface area contributed by atoms with E-state index in [9.17, 15) is 9.59 Å². The van der Waals surface area contributed by atoms with Crippen LogP contribution in [0.4, 0.5) is 0 Å². The van der Waals surface area contributed by atoms with E-state index < -0.39 is 0 Å². The van der Waals surface area contributed by atoms with Crippen molar-refractivity contribution >= 4 is 11.8 Å². The number of ether oxygens (including phenoxy) is 1. The molecule has 2 aliphatic rings. The van der Waals surface area contributed by atoms with Crippen LogP contribution in [0, 0.1) is 5.92 Å². The highest BCUT2D eigenvalue weighted by atomic mass is 16.5. The maximum absolute atomic E-state index is 12.7. The summed E-state index contributed by atoms with van der Waals surface area (Å²) in [5, 5.41) is 3.01. The van der Waals surface area contributed by atoms with Crippen LogP contribution >= 0.6 is 0 Å². The van der Waals surface area contributed by atoms with E-state index in [0.717, 1.165) is 24.9 Å². The highest BCUT2D eigenvalue weighted by molar-refractivity contribution is 5.82. The van der Waals surface area contributed by atoms with E-state index in [0.29, 0.717) is 39.4 Å². The molecule has 2 unspecified atom stereocenters. The van der Waals surface area contributed by atoms with Crippen LogP contribution in [-0.4, -0.2) is 67.0 Å². The molecule has 2 heterocycles. The average Bonchev–Trinajstić information content (AvgIpc) is 2.72. The summed E-state index contributed by atoms with van der Waals surface area (Å²) in [6, 6.07) is 9.69. The molecule has 6 nitrogen and oxygen atoms in total. The maximum atomic E-state index is 12.7. The molecule has 6 heteroatoms. The monoisotopic (exact) mass is 359 g/mol. The van der Waals surface area contributed by atoms with E-state index in [2.05, 4.69) is 10.2 Å². The summed E-state index contributed by atoms with van der Waals surface area (Å²) in [6.45, 7) is 6.62. The van der Waals surface area contributed by atoms with Crippen LogP contribution in [0.15, 0.2) is 30.3 Å². The lowest BCUT2D eigenvalue weighted by Crippen LogP contribution is -2.53. The molecule has 0 aromatic heterocycles. The summed E-state index contributed by atoms with van der Waals surface area (Å²) in [6.07, 6.45) is 1.86. The summed E-state index contributed by atoms with van der Waals surface area (Å²) in [4.78, 5) is 29.3. The van der Waals surface area contributed by atoms with Crippen molar-refractivity contribution in [2.45, 2.75) is 32.4 Å². The van der Waals surface area contributed by atoms with Crippen LogP contribution in [0.1, 0.15) is 25.3 Å². The third kappa shape index (κ3) is 4.83. The Hall–Kier alpha value is -1.92. The molecule has 0 spiro atoms. The van der Waals surface area contributed by atoms with Crippen molar-refractivity contribution in [2.24, 2.45) is 5.92 Å². The smallest absolute Gasteiger partial charge is 0.237 e. The maximum Gasteiger partial charge on any atom is 0.237 e. The minimum atomic E-state index is -0.223. The fraction of sp³-hybridized carbons (Fsp3) is 0.600. The zero-order valence-electron chi connectivity index (χ0n) is 15.5. The molecule has 2 saturated heterocycles. The minimum absolute atomic E-state index is 0.00813. The van der Waals surface area contributed by atoms with Crippen LogP contribution in [0.2, 0.25) is 0 Å². The van der Waals surface area contributed by atoms with Gasteiger partial charge < -0.3 is 15.0 Å². The van der Waals surface area contributed by atoms with E-state index in [1.807, 2.05) is 42.2 Å². The number of morpholine rings is 1. The highest BCUT2D eigenvalue weighted by Gasteiger charge is 2.33. The number of likely N-dealkylation sites (tertiary alicyclic amines) is 1. The number of carbonyl (C=O) groups excluding carboxylic acids is 2. The molecule has 0 aliphatic carbocycles. The highest BCUT2D eigenvalue weighted by Crippen LogP contribution is 2.21. The van der Waals surface area contributed by atoms with E-state index >= 15 is 0 Å². The van der Waals surface area contributed by atoms with Gasteiger partial charge in [-0.05, 0) is 31.9 Å². The Morgan fingerprint density at radius 1 is 1.19 bits per heavy atom. The van der Waals surface area contributed by atoms with E-state index in [-0.39, 0.29) is 23.8 Å². The lowest BCUT2D eigenvalue weighted by Gasteiger charge is -2.38. The standard InChI is InChI=1S/C20H29N3O3/c1-16(19(24)21-14-17-6-3-2-4-7-17)23-9-5-8-18(15-23)20(25)22-10-12-26-13-11-22/h2-4,6-7,16,18H,5,8-15H2,1H3,(H,21,24). The number of carbonyl (C=O) groups is 2. The van der Waals surface area contributed by atoms with Gasteiger partial charge in [-0.25, -0.2) is 0 Å². The van der Waals surface area contributed by atoms with Crippen LogP contribution in [0.5, 0.6) is 0 Å². The number of hydrogen-bond acceptors (Lipinski definition) is 4. The van der Waals surface area contributed by atoms with Gasteiger partial charge in [-0.15, -0.1) is 0 Å². The summed E-state index contributed by atoms with van der Waals surface area (Å²) in [5.74, 6) is 0.231. The molecule has 2 amide bonds. The lowest BCUT2D eigenvalue weighted by atomic mass is 9.95. The Labute approximate surface area is 155 Å². The molecule has 3 rings (SSSR count). The largest absolute Gasteiger partial charge is 0.378 e. The molecular weight excluding hydrogens is 330 g/mol. The number of rotatable bonds is 5. The number of benzene rings is 1. The molecule has 0 saturated carbocycles. The van der Waals surface area contributed by atoms with Crippen LogP contribution < -0.4 is 5.32 Å². The molecule has 26 heavy (non-hydrogen) atoms. The van der Waals surface area contributed by atoms with Crippen LogP contribution in [-0.2, 0) is 20.9 Å². The predicted octanol–water partition coefficient (Wildman–Crippen LogP) is 1.26. The molecule has 1 aromatic carbocycles. The lowest BCUT2D eigenvalue weighted by molar-refractivity contribution is -0.142. The minimum Gasteiger partial charge on any atom is -0.378 e. The Morgan fingerprint density at radius 2 is 1.92 bits per heavy atom. The molecule has 0 bridgehead atoms. The first kappa shape index (κ1) is 18.9. The number of hydrogen-bond donors (Lipinski definition) is 1. The Kier molecular flexibility index (Phi) is 6.63. The number of nitrogens with one attached hydrogen (secondary N) is 1. The average molecular weight is 359 g/mol. The van der Waals surface area contributed by atoms with Gasteiger partial charge in [-0.1, -0.05) is 30.3 Å². The van der Waals surface area contributed by atoms with E-state index in [1.165, 1.54) is 0 Å². The summed E-state index contributed by atoms with van der Waals surface area (Å²) < 4.78 is 5.33. The van der Waals surface area contributed by atoms with Crippen molar-refractivity contribution in [3.8, 4) is 0 Å². The van der Waals surface area contributed by atoms with Crippen molar-refractivity contribution in [1.82, 2.24) is 15.1 Å². The molecule has 2 aliphatic heterocycles. The van der Waals surface area contributed by atoms with Crippen molar-refractivity contribution in [3.05, 3.63) is 35.9 Å². The van der Waals surface area contributed by atoms with Crippen molar-refractivity contribution in [3.63, 3.8) is 0 Å². The van der Waals surface area contributed by atoms with Gasteiger partial charge in [0.1, 0.15) is 0 Å². The predicted molar refractivity (Wildman–Crippen MR) is 99.4 cm³/mol. The van der Waals surface area contributed by atoms with Gasteiger partial charge in [-0.3, -0.25) is 14.5 Å². The molecule has 0 radical (unpaired) electrons. The van der Waals surface area contributed by atoms with Crippen LogP contribution in [0.3, 0.4) is 0 Å². The first-order valence-corrected chi connectivity index (χ1v) is 9.57. The van der Waals surface area contributed by atoms with Crippen LogP contribution in [0.25, 0.3) is 0 Å². The van der Waals surface area contributed by atoms with Gasteiger partial charge in [-0.2, -0.15) is 0 Å². The van der Waals surface area contributed by atoms with E-state index in [1.54, 1.807) is 0 Å². The fourth-order valence-corrected chi connectivity index (χ4v) is 3.70. The number of nitrogens with zero attached hydrogens (tertiary/aromatic N) is 2. The first-order chi connectivity index (χ1) is 12.6. The summed E-state index contributed by atoms with van der Waals surface area (Å²) in [5.41, 5.74) is 1.09. The molecule has 1 aromatic rings. The molecule has 2 fully saturated rings. The molecule has 1 N–H and O–H groups in total. The fourth-order valence-electron chi connectivity index (χ4n) is 3.70. The second kappa shape index (κ2) is 9.14. The second-order valence-corrected chi connectivity index (χ2v) is 7.15. The van der Waals surface area contributed by atoms with Crippen molar-refractivity contribution in [1.29, 1.82) is 0 Å². The number of amides is 2. The Balaban J connectivity index is 1.51. The van der Waals surface area contributed by atoms with Crippen molar-refractivity contribution in [2.75, 3.05) is 39.4 Å². The molecular formula is C20H29N3O3. The van der Waals surface area contributed by atoms with Gasteiger partial charge >= 0.3 is 0 Å². The number of piperidine rings is 1. The topological polar surface area (TPSA) is 61.9 Å². The Bertz CT molecular complexity index is 602. The quantitative estimate of drug-likeness (QED) is 0.860. The SMILES string of the molecule is CC(C(=O)NCc1ccccc1)N1CCCC(C(=O)N2CCOCC2)C1. The summed E-state index contributed by atoms with van der Waals surface area (Å²) >= 11 is 0. The van der Waals surface area contributed by atoms with E-state index in [4.69, 9.17) is 4.74 Å². The third-order valence-electron chi connectivity index (χ3n) is 5.36. The summed E-state index contributed by atoms with van der Waals surface area (Å²) in [7, 11) is 0. The molecule has 142 valence electrons. The Morgan fingerprint density at radius 3 is 2.65 bits per heavy atom. The van der Waals surface area contributed by atoms with Gasteiger partial charge in [0.05, 0.1) is 25.2 Å². The normalized spacial score (nSPS) is 22.7. The molecule has 2 atom stereocenters. The van der Waals surface area contributed by atoms with Crippen molar-refractivity contribution < 1.29 is 14.3 Å². The van der Waals surface area contributed by atoms with Gasteiger partial charge in [0, 0.05) is 26.2 Å². The second-order valence-electron chi connectivity index (χ2n) is 7.15. The third-order valence-corrected chi connectivity index (χ3v) is 5.36. The first-order valence-electron chi connectivity index (χ1n) is 9.57. The van der Waals surface area contributed by atoms with Gasteiger partial charge in [0.15, 0.2) is 0 Å². The zero-order valence-corrected chi connectivity index (χ0v) is 15.5. The van der Waals surface area contributed by atoms with Gasteiger partial charge in [0.25, 0.3) is 0 Å².